The Bertz CT molecular complexity index is 858. The second-order valence-corrected chi connectivity index (χ2v) is 7.20. The minimum Gasteiger partial charge on any atom is -0.298 e. The molecule has 0 aliphatic rings. The smallest absolute Gasteiger partial charge is 0.298 e. The number of hydrogen-bond acceptors (Lipinski definition) is 4. The first-order valence-electron chi connectivity index (χ1n) is 5.62. The van der Waals surface area contributed by atoms with Gasteiger partial charge >= 0.3 is 5.69 Å². The highest BCUT2D eigenvalue weighted by Crippen LogP contribution is 2.41. The van der Waals surface area contributed by atoms with Crippen molar-refractivity contribution < 1.29 is 0 Å². The number of aromatic amines is 1. The van der Waals surface area contributed by atoms with Crippen LogP contribution in [0.5, 0.6) is 0 Å². The van der Waals surface area contributed by atoms with Crippen molar-refractivity contribution in [3.63, 3.8) is 0 Å². The second-order valence-electron chi connectivity index (χ2n) is 3.91. The zero-order valence-electron chi connectivity index (χ0n) is 9.90. The molecule has 19 heavy (non-hydrogen) atoms. The van der Waals surface area contributed by atoms with Crippen LogP contribution in [0, 0.1) is 0 Å². The zero-order valence-corrected chi connectivity index (χ0v) is 13.1. The van der Waals surface area contributed by atoms with Crippen LogP contribution < -0.4 is 11.2 Å². The molecule has 0 aliphatic carbocycles. The Morgan fingerprint density at radius 3 is 2.84 bits per heavy atom. The molecule has 3 aromatic rings. The van der Waals surface area contributed by atoms with Gasteiger partial charge in [-0.3, -0.25) is 14.3 Å². The highest BCUT2D eigenvalue weighted by molar-refractivity contribution is 9.11. The highest BCUT2D eigenvalue weighted by Gasteiger charge is 2.18. The van der Waals surface area contributed by atoms with Crippen molar-refractivity contribution in [2.45, 2.75) is 13.5 Å². The van der Waals surface area contributed by atoms with Gasteiger partial charge in [0.1, 0.15) is 4.83 Å². The SMILES string of the molecule is CCn1c(=O)[nH]c2sc(Br)c(-c3cccs3)c2c1=O. The van der Waals surface area contributed by atoms with Crippen molar-refractivity contribution in [3.8, 4) is 10.4 Å². The number of aromatic nitrogens is 2. The van der Waals surface area contributed by atoms with Crippen molar-refractivity contribution in [2.24, 2.45) is 0 Å². The van der Waals surface area contributed by atoms with E-state index in [1.165, 1.54) is 15.9 Å². The number of fused-ring (bicyclic) bond motifs is 1. The Morgan fingerprint density at radius 1 is 1.42 bits per heavy atom. The van der Waals surface area contributed by atoms with Gasteiger partial charge in [-0.25, -0.2) is 4.79 Å². The van der Waals surface area contributed by atoms with Crippen molar-refractivity contribution >= 4 is 48.8 Å². The molecule has 0 atom stereocenters. The largest absolute Gasteiger partial charge is 0.329 e. The summed E-state index contributed by atoms with van der Waals surface area (Å²) in [6.07, 6.45) is 0. The van der Waals surface area contributed by atoms with E-state index in [0.717, 1.165) is 14.2 Å². The van der Waals surface area contributed by atoms with Crippen LogP contribution >= 0.6 is 38.6 Å². The van der Waals surface area contributed by atoms with Crippen molar-refractivity contribution in [3.05, 3.63) is 42.1 Å². The maximum Gasteiger partial charge on any atom is 0.329 e. The summed E-state index contributed by atoms with van der Waals surface area (Å²) in [6, 6.07) is 3.91. The van der Waals surface area contributed by atoms with Crippen LogP contribution in [0.2, 0.25) is 0 Å². The van der Waals surface area contributed by atoms with E-state index in [1.54, 1.807) is 18.3 Å². The molecular formula is C12H9BrN2O2S2. The van der Waals surface area contributed by atoms with Crippen LogP contribution in [0.3, 0.4) is 0 Å². The Labute approximate surface area is 124 Å². The van der Waals surface area contributed by atoms with Gasteiger partial charge in [-0.1, -0.05) is 6.07 Å². The number of nitrogens with zero attached hydrogens (tertiary/aromatic N) is 1. The van der Waals surface area contributed by atoms with Gasteiger partial charge in [0.15, 0.2) is 0 Å². The number of nitrogens with one attached hydrogen (secondary N) is 1. The fraction of sp³-hybridized carbons (Fsp3) is 0.167. The monoisotopic (exact) mass is 356 g/mol. The van der Waals surface area contributed by atoms with E-state index in [0.29, 0.717) is 16.8 Å². The lowest BCUT2D eigenvalue weighted by Crippen LogP contribution is -2.34. The zero-order chi connectivity index (χ0) is 13.6. The predicted octanol–water partition coefficient (Wildman–Crippen LogP) is 3.26. The van der Waals surface area contributed by atoms with Gasteiger partial charge in [-0.2, -0.15) is 0 Å². The number of hydrogen-bond donors (Lipinski definition) is 1. The van der Waals surface area contributed by atoms with Gasteiger partial charge in [0.25, 0.3) is 5.56 Å². The summed E-state index contributed by atoms with van der Waals surface area (Å²) in [6.45, 7) is 2.15. The molecule has 3 rings (SSSR count). The molecule has 4 nitrogen and oxygen atoms in total. The van der Waals surface area contributed by atoms with Gasteiger partial charge in [0, 0.05) is 17.0 Å². The lowest BCUT2D eigenvalue weighted by atomic mass is 10.2. The van der Waals surface area contributed by atoms with Crippen molar-refractivity contribution in [2.75, 3.05) is 0 Å². The van der Waals surface area contributed by atoms with Crippen LogP contribution in [0.4, 0.5) is 0 Å². The molecule has 98 valence electrons. The van der Waals surface area contributed by atoms with Crippen LogP contribution in [0.1, 0.15) is 6.92 Å². The first kappa shape index (κ1) is 12.8. The third-order valence-corrected chi connectivity index (χ3v) is 5.54. The van der Waals surface area contributed by atoms with Crippen LogP contribution in [0.25, 0.3) is 20.7 Å². The normalized spacial score (nSPS) is 11.3. The topological polar surface area (TPSA) is 54.9 Å². The van der Waals surface area contributed by atoms with Crippen LogP contribution in [0.15, 0.2) is 30.9 Å². The molecule has 7 heteroatoms. The van der Waals surface area contributed by atoms with Gasteiger partial charge in [-0.15, -0.1) is 22.7 Å². The first-order valence-corrected chi connectivity index (χ1v) is 8.11. The maximum absolute atomic E-state index is 12.4. The van der Waals surface area contributed by atoms with Crippen LogP contribution in [-0.4, -0.2) is 9.55 Å². The van der Waals surface area contributed by atoms with E-state index in [4.69, 9.17) is 0 Å². The molecule has 1 N–H and O–H groups in total. The Balaban J connectivity index is 2.51. The molecule has 0 aromatic carbocycles. The number of halogens is 1. The van der Waals surface area contributed by atoms with E-state index in [9.17, 15) is 9.59 Å². The van der Waals surface area contributed by atoms with E-state index < -0.39 is 0 Å². The van der Waals surface area contributed by atoms with Gasteiger partial charge in [0.05, 0.1) is 9.17 Å². The Morgan fingerprint density at radius 2 is 2.21 bits per heavy atom. The Kier molecular flexibility index (Phi) is 3.20. The molecule has 0 fully saturated rings. The third kappa shape index (κ3) is 1.92. The van der Waals surface area contributed by atoms with E-state index in [1.807, 2.05) is 17.5 Å². The summed E-state index contributed by atoms with van der Waals surface area (Å²) in [5, 5.41) is 2.55. The molecule has 0 aliphatic heterocycles. The standard InChI is InChI=1S/C12H9BrN2O2S2/c1-2-15-11(16)8-7(6-4-3-5-18-6)9(13)19-10(8)14-12(15)17/h3-5H,2H2,1H3,(H,14,17). The Hall–Kier alpha value is -1.18. The summed E-state index contributed by atoms with van der Waals surface area (Å²) in [7, 11) is 0. The minimum atomic E-state index is -0.355. The number of rotatable bonds is 2. The molecular weight excluding hydrogens is 348 g/mol. The van der Waals surface area contributed by atoms with Gasteiger partial charge < -0.3 is 0 Å². The maximum atomic E-state index is 12.4. The molecule has 0 unspecified atom stereocenters. The molecule has 0 saturated heterocycles. The highest BCUT2D eigenvalue weighted by atomic mass is 79.9. The number of thiophene rings is 2. The first-order chi connectivity index (χ1) is 9.13. The van der Waals surface area contributed by atoms with Gasteiger partial charge in [-0.05, 0) is 34.3 Å². The molecule has 0 amide bonds. The predicted molar refractivity (Wildman–Crippen MR) is 83.4 cm³/mol. The molecule has 0 spiro atoms. The lowest BCUT2D eigenvalue weighted by molar-refractivity contribution is 0.685. The summed E-state index contributed by atoms with van der Waals surface area (Å²) in [4.78, 5) is 28.6. The number of H-pyrrole nitrogens is 1. The fourth-order valence-corrected chi connectivity index (χ4v) is 4.81. The van der Waals surface area contributed by atoms with E-state index >= 15 is 0 Å². The fourth-order valence-electron chi connectivity index (χ4n) is 2.02. The quantitative estimate of drug-likeness (QED) is 0.765. The average molecular weight is 357 g/mol. The van der Waals surface area contributed by atoms with E-state index in [-0.39, 0.29) is 11.2 Å². The molecule has 0 saturated carbocycles. The summed E-state index contributed by atoms with van der Waals surface area (Å²) in [5.74, 6) is 0. The molecule has 0 radical (unpaired) electrons. The third-order valence-electron chi connectivity index (χ3n) is 2.87. The molecule has 0 bridgehead atoms. The summed E-state index contributed by atoms with van der Waals surface area (Å²) in [5.41, 5.74) is 0.288. The van der Waals surface area contributed by atoms with Crippen molar-refractivity contribution in [1.82, 2.24) is 9.55 Å². The van der Waals surface area contributed by atoms with Crippen molar-refractivity contribution in [1.29, 1.82) is 0 Å². The molecule has 3 aromatic heterocycles. The summed E-state index contributed by atoms with van der Waals surface area (Å²) < 4.78 is 2.09. The van der Waals surface area contributed by atoms with E-state index in [2.05, 4.69) is 20.9 Å². The second kappa shape index (κ2) is 4.73. The summed E-state index contributed by atoms with van der Waals surface area (Å²) >= 11 is 6.44. The minimum absolute atomic E-state index is 0.230. The van der Waals surface area contributed by atoms with Crippen LogP contribution in [-0.2, 0) is 6.54 Å². The van der Waals surface area contributed by atoms with Gasteiger partial charge in [0.2, 0.25) is 0 Å². The lowest BCUT2D eigenvalue weighted by Gasteiger charge is -2.01. The molecule has 3 heterocycles. The average Bonchev–Trinajstić information content (AvgIpc) is 2.96.